The Morgan fingerprint density at radius 2 is 2.00 bits per heavy atom. The van der Waals surface area contributed by atoms with Crippen LogP contribution in [0.2, 0.25) is 0 Å². The fraction of sp³-hybridized carbons (Fsp3) is 0.0769. The summed E-state index contributed by atoms with van der Waals surface area (Å²) >= 11 is 1.41. The van der Waals surface area contributed by atoms with E-state index in [1.54, 1.807) is 30.3 Å². The van der Waals surface area contributed by atoms with Crippen LogP contribution in [-0.4, -0.2) is 26.2 Å². The molecule has 2 heterocycles. The molecular formula is C13H10N4O2S. The van der Waals surface area contributed by atoms with E-state index < -0.39 is 0 Å². The van der Waals surface area contributed by atoms with Gasteiger partial charge in [-0.15, -0.1) is 16.4 Å². The van der Waals surface area contributed by atoms with E-state index in [0.717, 1.165) is 10.6 Å². The van der Waals surface area contributed by atoms with E-state index in [9.17, 15) is 4.79 Å². The highest BCUT2D eigenvalue weighted by molar-refractivity contribution is 7.13. The zero-order chi connectivity index (χ0) is 13.9. The number of thiophene rings is 1. The minimum atomic E-state index is -0.349. The Hall–Kier alpha value is -2.54. The molecule has 0 aliphatic rings. The van der Waals surface area contributed by atoms with Gasteiger partial charge in [0.15, 0.2) is 0 Å². The van der Waals surface area contributed by atoms with Crippen LogP contribution in [0, 0.1) is 6.92 Å². The van der Waals surface area contributed by atoms with E-state index >= 15 is 0 Å². The van der Waals surface area contributed by atoms with Crippen LogP contribution >= 0.6 is 11.3 Å². The molecule has 1 aromatic carbocycles. The normalized spacial score (nSPS) is 10.4. The predicted molar refractivity (Wildman–Crippen MR) is 73.2 cm³/mol. The van der Waals surface area contributed by atoms with Crippen LogP contribution in [0.1, 0.15) is 14.5 Å². The predicted octanol–water partition coefficient (Wildman–Crippen LogP) is 2.25. The zero-order valence-electron chi connectivity index (χ0n) is 10.6. The minimum absolute atomic E-state index is 0.349. The maximum atomic E-state index is 11.9. The summed E-state index contributed by atoms with van der Waals surface area (Å²) in [5.74, 6) is 0.135. The quantitative estimate of drug-likeness (QED) is 0.545. The van der Waals surface area contributed by atoms with Crippen molar-refractivity contribution in [2.45, 2.75) is 6.92 Å². The number of aryl methyl sites for hydroxylation is 1. The van der Waals surface area contributed by atoms with Gasteiger partial charge >= 0.3 is 5.97 Å². The molecule has 0 saturated carbocycles. The Balaban J connectivity index is 1.74. The molecule has 3 rings (SSSR count). The first kappa shape index (κ1) is 12.5. The summed E-state index contributed by atoms with van der Waals surface area (Å²) < 4.78 is 6.82. The summed E-state index contributed by atoms with van der Waals surface area (Å²) in [6.45, 7) is 1.95. The molecule has 0 aliphatic heterocycles. The monoisotopic (exact) mass is 286 g/mol. The molecule has 0 saturated heterocycles. The average Bonchev–Trinajstić information content (AvgIpc) is 3.10. The summed E-state index contributed by atoms with van der Waals surface area (Å²) in [6.07, 6.45) is 1.50. The molecule has 0 radical (unpaired) electrons. The smallest absolute Gasteiger partial charge is 0.353 e. The molecule has 0 aliphatic carbocycles. The summed E-state index contributed by atoms with van der Waals surface area (Å²) in [5.41, 5.74) is 0.793. The van der Waals surface area contributed by atoms with Gasteiger partial charge in [0.1, 0.15) is 17.0 Å². The lowest BCUT2D eigenvalue weighted by atomic mass is 10.3. The maximum Gasteiger partial charge on any atom is 0.353 e. The van der Waals surface area contributed by atoms with Gasteiger partial charge in [0.05, 0.1) is 5.69 Å². The highest BCUT2D eigenvalue weighted by Gasteiger charge is 2.10. The van der Waals surface area contributed by atoms with Gasteiger partial charge in [-0.1, -0.05) is 0 Å². The van der Waals surface area contributed by atoms with Crippen LogP contribution in [0.15, 0.2) is 42.7 Å². The van der Waals surface area contributed by atoms with Crippen molar-refractivity contribution in [3.05, 3.63) is 52.5 Å². The van der Waals surface area contributed by atoms with Crippen LogP contribution in [0.25, 0.3) is 5.69 Å². The first-order chi connectivity index (χ1) is 9.72. The summed E-state index contributed by atoms with van der Waals surface area (Å²) in [7, 11) is 0. The molecule has 0 amide bonds. The van der Waals surface area contributed by atoms with Gasteiger partial charge in [-0.2, -0.15) is 0 Å². The van der Waals surface area contributed by atoms with Gasteiger partial charge in [-0.3, -0.25) is 0 Å². The Labute approximate surface area is 118 Å². The molecule has 7 heteroatoms. The SMILES string of the molecule is Cc1ccc(C(=O)Oc2ccc(-n3cnnn3)cc2)s1. The third-order valence-electron chi connectivity index (χ3n) is 2.60. The van der Waals surface area contributed by atoms with Gasteiger partial charge in [0.25, 0.3) is 0 Å². The van der Waals surface area contributed by atoms with Gasteiger partial charge in [0.2, 0.25) is 0 Å². The third-order valence-corrected chi connectivity index (χ3v) is 3.58. The van der Waals surface area contributed by atoms with E-state index in [4.69, 9.17) is 4.74 Å². The van der Waals surface area contributed by atoms with Crippen LogP contribution in [0.4, 0.5) is 0 Å². The first-order valence-corrected chi connectivity index (χ1v) is 6.66. The van der Waals surface area contributed by atoms with Crippen molar-refractivity contribution in [3.63, 3.8) is 0 Å². The Kier molecular flexibility index (Phi) is 3.26. The molecular weight excluding hydrogens is 276 g/mol. The van der Waals surface area contributed by atoms with Crippen molar-refractivity contribution in [1.29, 1.82) is 0 Å². The fourth-order valence-corrected chi connectivity index (χ4v) is 2.39. The van der Waals surface area contributed by atoms with Crippen molar-refractivity contribution in [3.8, 4) is 11.4 Å². The van der Waals surface area contributed by atoms with Gasteiger partial charge in [-0.05, 0) is 53.7 Å². The number of ether oxygens (including phenoxy) is 1. The molecule has 3 aromatic rings. The molecule has 6 nitrogen and oxygen atoms in total. The summed E-state index contributed by atoms with van der Waals surface area (Å²) in [4.78, 5) is 13.6. The number of carbonyl (C=O) groups is 1. The zero-order valence-corrected chi connectivity index (χ0v) is 11.4. The highest BCUT2D eigenvalue weighted by atomic mass is 32.1. The second-order valence-electron chi connectivity index (χ2n) is 4.05. The van der Waals surface area contributed by atoms with Crippen molar-refractivity contribution in [2.24, 2.45) is 0 Å². The third kappa shape index (κ3) is 2.57. The number of esters is 1. The van der Waals surface area contributed by atoms with Crippen molar-refractivity contribution < 1.29 is 9.53 Å². The second kappa shape index (κ2) is 5.22. The molecule has 20 heavy (non-hydrogen) atoms. The van der Waals surface area contributed by atoms with Gasteiger partial charge < -0.3 is 4.74 Å². The standard InChI is InChI=1S/C13H10N4O2S/c1-9-2-7-12(20-9)13(18)19-11-5-3-10(4-6-11)17-8-14-15-16-17/h2-8H,1H3. The molecule has 0 spiro atoms. The van der Waals surface area contributed by atoms with E-state index in [2.05, 4.69) is 15.5 Å². The van der Waals surface area contributed by atoms with E-state index in [0.29, 0.717) is 10.6 Å². The molecule has 0 atom stereocenters. The summed E-state index contributed by atoms with van der Waals surface area (Å²) in [6, 6.07) is 10.6. The highest BCUT2D eigenvalue weighted by Crippen LogP contribution is 2.19. The van der Waals surface area contributed by atoms with E-state index in [1.165, 1.54) is 22.3 Å². The maximum absolute atomic E-state index is 11.9. The fourth-order valence-electron chi connectivity index (χ4n) is 1.65. The lowest BCUT2D eigenvalue weighted by Gasteiger charge is -2.04. The summed E-state index contributed by atoms with van der Waals surface area (Å²) in [5, 5.41) is 10.9. The number of benzene rings is 1. The van der Waals surface area contributed by atoms with Crippen LogP contribution in [0.5, 0.6) is 5.75 Å². The number of hydrogen-bond acceptors (Lipinski definition) is 6. The van der Waals surface area contributed by atoms with Gasteiger partial charge in [0, 0.05) is 4.88 Å². The average molecular weight is 286 g/mol. The van der Waals surface area contributed by atoms with Crippen LogP contribution in [-0.2, 0) is 0 Å². The molecule has 2 aromatic heterocycles. The van der Waals surface area contributed by atoms with Gasteiger partial charge in [-0.25, -0.2) is 9.48 Å². The lowest BCUT2D eigenvalue weighted by Crippen LogP contribution is -2.06. The van der Waals surface area contributed by atoms with Crippen molar-refractivity contribution in [1.82, 2.24) is 20.2 Å². The van der Waals surface area contributed by atoms with Crippen molar-refractivity contribution >= 4 is 17.3 Å². The number of tetrazole rings is 1. The molecule has 0 N–H and O–H groups in total. The van der Waals surface area contributed by atoms with E-state index in [1.807, 2.05) is 13.0 Å². The largest absolute Gasteiger partial charge is 0.422 e. The number of carbonyl (C=O) groups excluding carboxylic acids is 1. The number of aromatic nitrogens is 4. The van der Waals surface area contributed by atoms with Crippen molar-refractivity contribution in [2.75, 3.05) is 0 Å². The number of rotatable bonds is 3. The Morgan fingerprint density at radius 1 is 1.20 bits per heavy atom. The Bertz CT molecular complexity index is 719. The molecule has 100 valence electrons. The lowest BCUT2D eigenvalue weighted by molar-refractivity contribution is 0.0740. The Morgan fingerprint density at radius 3 is 2.60 bits per heavy atom. The molecule has 0 unspecified atom stereocenters. The second-order valence-corrected chi connectivity index (χ2v) is 5.34. The minimum Gasteiger partial charge on any atom is -0.422 e. The van der Waals surface area contributed by atoms with Crippen LogP contribution < -0.4 is 4.74 Å². The van der Waals surface area contributed by atoms with Crippen LogP contribution in [0.3, 0.4) is 0 Å². The molecule has 0 fully saturated rings. The topological polar surface area (TPSA) is 69.9 Å². The van der Waals surface area contributed by atoms with E-state index in [-0.39, 0.29) is 5.97 Å². The first-order valence-electron chi connectivity index (χ1n) is 5.84. The molecule has 0 bridgehead atoms. The number of nitrogens with zero attached hydrogens (tertiary/aromatic N) is 4. The number of hydrogen-bond donors (Lipinski definition) is 0.